The average molecular weight is 233 g/mol. The van der Waals surface area contributed by atoms with Crippen molar-refractivity contribution in [2.75, 3.05) is 13.7 Å². The first-order valence-corrected chi connectivity index (χ1v) is 4.91. The van der Waals surface area contributed by atoms with Gasteiger partial charge in [-0.3, -0.25) is 0 Å². The Morgan fingerprint density at radius 2 is 1.81 bits per heavy atom. The van der Waals surface area contributed by atoms with Gasteiger partial charge in [0.2, 0.25) is 0 Å². The smallest absolute Gasteiger partial charge is 0.161 e. The summed E-state index contributed by atoms with van der Waals surface area (Å²) in [6.07, 6.45) is -0.0200. The van der Waals surface area contributed by atoms with Gasteiger partial charge >= 0.3 is 0 Å². The molecule has 0 heterocycles. The van der Waals surface area contributed by atoms with Crippen molar-refractivity contribution in [3.05, 3.63) is 35.1 Å². The van der Waals surface area contributed by atoms with Crippen molar-refractivity contribution in [1.29, 1.82) is 0 Å². The van der Waals surface area contributed by atoms with E-state index in [0.29, 0.717) is 12.6 Å². The molecule has 1 rings (SSSR count). The van der Waals surface area contributed by atoms with E-state index in [2.05, 4.69) is 5.32 Å². The van der Waals surface area contributed by atoms with E-state index in [1.807, 2.05) is 6.92 Å². The molecule has 0 radical (unpaired) electrons. The fraction of sp³-hybridized carbons (Fsp3) is 0.455. The number of hydrogen-bond acceptors (Lipinski definition) is 2. The van der Waals surface area contributed by atoms with Crippen LogP contribution in [0, 0.1) is 17.5 Å². The van der Waals surface area contributed by atoms with Gasteiger partial charge in [0.1, 0.15) is 5.82 Å². The van der Waals surface area contributed by atoms with Crippen LogP contribution < -0.4 is 5.32 Å². The number of hydrogen-bond donors (Lipinski definition) is 1. The monoisotopic (exact) mass is 233 g/mol. The Morgan fingerprint density at radius 1 is 1.19 bits per heavy atom. The summed E-state index contributed by atoms with van der Waals surface area (Å²) >= 11 is 0. The van der Waals surface area contributed by atoms with Crippen LogP contribution in [0.1, 0.15) is 12.5 Å². The predicted octanol–water partition coefficient (Wildman–Crippen LogP) is 2.23. The molecule has 1 aromatic rings. The van der Waals surface area contributed by atoms with Crippen molar-refractivity contribution < 1.29 is 17.9 Å². The molecule has 1 unspecified atom stereocenters. The quantitative estimate of drug-likeness (QED) is 0.787. The van der Waals surface area contributed by atoms with Gasteiger partial charge in [0, 0.05) is 31.8 Å². The lowest BCUT2D eigenvalue weighted by molar-refractivity contribution is 0.117. The Kier molecular flexibility index (Phi) is 4.76. The minimum atomic E-state index is -1.17. The zero-order valence-electron chi connectivity index (χ0n) is 9.19. The highest BCUT2D eigenvalue weighted by atomic mass is 19.2. The molecule has 0 aromatic heterocycles. The van der Waals surface area contributed by atoms with Gasteiger partial charge in [0.05, 0.1) is 6.10 Å². The number of methoxy groups -OCH3 is 1. The maximum Gasteiger partial charge on any atom is 0.161 e. The maximum absolute atomic E-state index is 13.2. The summed E-state index contributed by atoms with van der Waals surface area (Å²) < 4.78 is 43.6. The van der Waals surface area contributed by atoms with Crippen LogP contribution in [-0.4, -0.2) is 19.8 Å². The van der Waals surface area contributed by atoms with Crippen LogP contribution in [0.5, 0.6) is 0 Å². The largest absolute Gasteiger partial charge is 0.380 e. The van der Waals surface area contributed by atoms with Crippen LogP contribution in [0.25, 0.3) is 0 Å². The highest BCUT2D eigenvalue weighted by Crippen LogP contribution is 2.13. The standard InChI is InChI=1S/C11H14F3NO/c1-7(16-2)5-15-6-8-3-10(13)11(14)4-9(8)12/h3-4,7,15H,5-6H2,1-2H3. The van der Waals surface area contributed by atoms with Crippen molar-refractivity contribution in [1.82, 2.24) is 5.32 Å². The van der Waals surface area contributed by atoms with E-state index in [9.17, 15) is 13.2 Å². The van der Waals surface area contributed by atoms with Crippen molar-refractivity contribution in [2.45, 2.75) is 19.6 Å². The zero-order valence-corrected chi connectivity index (χ0v) is 9.19. The van der Waals surface area contributed by atoms with Crippen LogP contribution in [0.2, 0.25) is 0 Å². The summed E-state index contributed by atoms with van der Waals surface area (Å²) in [7, 11) is 1.56. The Labute approximate surface area is 92.4 Å². The molecule has 1 atom stereocenters. The first kappa shape index (κ1) is 13.0. The molecule has 0 spiro atoms. The van der Waals surface area contributed by atoms with Crippen LogP contribution in [0.15, 0.2) is 12.1 Å². The fourth-order valence-electron chi connectivity index (χ4n) is 1.19. The number of halogens is 3. The Hall–Kier alpha value is -1.07. The maximum atomic E-state index is 13.2. The summed E-state index contributed by atoms with van der Waals surface area (Å²) in [5.74, 6) is -2.97. The van der Waals surface area contributed by atoms with Gasteiger partial charge in [0.15, 0.2) is 11.6 Å². The molecule has 0 amide bonds. The van der Waals surface area contributed by atoms with Gasteiger partial charge < -0.3 is 10.1 Å². The third-order valence-electron chi connectivity index (χ3n) is 2.24. The van der Waals surface area contributed by atoms with Gasteiger partial charge in [-0.1, -0.05) is 0 Å². The van der Waals surface area contributed by atoms with Gasteiger partial charge in [0.25, 0.3) is 0 Å². The second kappa shape index (κ2) is 5.86. The van der Waals surface area contributed by atoms with E-state index in [4.69, 9.17) is 4.74 Å². The lowest BCUT2D eigenvalue weighted by Gasteiger charge is -2.11. The van der Waals surface area contributed by atoms with E-state index in [1.165, 1.54) is 0 Å². The third-order valence-corrected chi connectivity index (χ3v) is 2.24. The molecule has 90 valence electrons. The van der Waals surface area contributed by atoms with Crippen LogP contribution >= 0.6 is 0 Å². The van der Waals surface area contributed by atoms with E-state index in [1.54, 1.807) is 7.11 Å². The van der Waals surface area contributed by atoms with E-state index >= 15 is 0 Å². The Bertz CT molecular complexity index is 357. The van der Waals surface area contributed by atoms with Gasteiger partial charge in [-0.15, -0.1) is 0 Å². The molecule has 2 nitrogen and oxygen atoms in total. The first-order chi connectivity index (χ1) is 7.54. The van der Waals surface area contributed by atoms with E-state index in [-0.39, 0.29) is 18.2 Å². The topological polar surface area (TPSA) is 21.3 Å². The Balaban J connectivity index is 2.57. The van der Waals surface area contributed by atoms with Gasteiger partial charge in [-0.25, -0.2) is 13.2 Å². The molecule has 0 aliphatic heterocycles. The molecular weight excluding hydrogens is 219 g/mol. The Morgan fingerprint density at radius 3 is 2.44 bits per heavy atom. The molecule has 1 N–H and O–H groups in total. The minimum absolute atomic E-state index is 0.0200. The molecule has 16 heavy (non-hydrogen) atoms. The highest BCUT2D eigenvalue weighted by Gasteiger charge is 2.09. The molecule has 5 heteroatoms. The average Bonchev–Trinajstić information content (AvgIpc) is 2.25. The van der Waals surface area contributed by atoms with Crippen LogP contribution in [0.4, 0.5) is 13.2 Å². The lowest BCUT2D eigenvalue weighted by atomic mass is 10.2. The molecule has 1 aromatic carbocycles. The minimum Gasteiger partial charge on any atom is -0.380 e. The summed E-state index contributed by atoms with van der Waals surface area (Å²) in [5, 5.41) is 2.89. The number of rotatable bonds is 5. The summed E-state index contributed by atoms with van der Waals surface area (Å²) in [5.41, 5.74) is 0.0993. The van der Waals surface area contributed by atoms with E-state index in [0.717, 1.165) is 6.07 Å². The predicted molar refractivity (Wildman–Crippen MR) is 54.5 cm³/mol. The van der Waals surface area contributed by atoms with Gasteiger partial charge in [-0.05, 0) is 13.0 Å². The molecule has 0 bridgehead atoms. The molecule has 0 saturated carbocycles. The number of benzene rings is 1. The second-order valence-corrected chi connectivity index (χ2v) is 3.53. The van der Waals surface area contributed by atoms with Crippen LogP contribution in [0.3, 0.4) is 0 Å². The zero-order chi connectivity index (χ0) is 12.1. The molecule has 0 aliphatic rings. The van der Waals surface area contributed by atoms with Crippen molar-refractivity contribution in [3.8, 4) is 0 Å². The van der Waals surface area contributed by atoms with Gasteiger partial charge in [-0.2, -0.15) is 0 Å². The fourth-order valence-corrected chi connectivity index (χ4v) is 1.19. The van der Waals surface area contributed by atoms with E-state index < -0.39 is 17.5 Å². The van der Waals surface area contributed by atoms with Crippen molar-refractivity contribution in [2.24, 2.45) is 0 Å². The molecule has 0 fully saturated rings. The molecule has 0 saturated heterocycles. The van der Waals surface area contributed by atoms with Crippen molar-refractivity contribution >= 4 is 0 Å². The van der Waals surface area contributed by atoms with Crippen LogP contribution in [-0.2, 0) is 11.3 Å². The normalized spacial score (nSPS) is 12.8. The number of ether oxygens (including phenoxy) is 1. The summed E-state index contributed by atoms with van der Waals surface area (Å²) in [6.45, 7) is 2.49. The van der Waals surface area contributed by atoms with Crippen molar-refractivity contribution in [3.63, 3.8) is 0 Å². The third kappa shape index (κ3) is 3.50. The summed E-state index contributed by atoms with van der Waals surface area (Å²) in [4.78, 5) is 0. The molecule has 0 aliphatic carbocycles. The second-order valence-electron chi connectivity index (χ2n) is 3.53. The highest BCUT2D eigenvalue weighted by molar-refractivity contribution is 5.19. The number of nitrogens with one attached hydrogen (secondary N) is 1. The lowest BCUT2D eigenvalue weighted by Crippen LogP contribution is -2.26. The first-order valence-electron chi connectivity index (χ1n) is 4.91. The summed E-state index contributed by atoms with van der Waals surface area (Å²) in [6, 6.07) is 1.40. The molecular formula is C11H14F3NO. The SMILES string of the molecule is COC(C)CNCc1cc(F)c(F)cc1F.